The number of methoxy groups -OCH3 is 1. The van der Waals surface area contributed by atoms with Gasteiger partial charge < -0.3 is 9.84 Å². The van der Waals surface area contributed by atoms with Crippen LogP contribution >= 0.6 is 0 Å². The lowest BCUT2D eigenvalue weighted by atomic mass is 9.46. The van der Waals surface area contributed by atoms with Crippen molar-refractivity contribution in [2.24, 2.45) is 22.7 Å². The van der Waals surface area contributed by atoms with Crippen molar-refractivity contribution >= 4 is 5.97 Å². The molecule has 3 nitrogen and oxygen atoms in total. The second-order valence-electron chi connectivity index (χ2n) is 8.58. The number of carbonyl (C=O) groups excluding carboxylic acids is 1. The summed E-state index contributed by atoms with van der Waals surface area (Å²) in [5, 5.41) is 10.3. The van der Waals surface area contributed by atoms with Crippen LogP contribution in [0.1, 0.15) is 66.7 Å². The van der Waals surface area contributed by atoms with Crippen molar-refractivity contribution in [3.63, 3.8) is 0 Å². The molecule has 5 atom stereocenters. The molecule has 0 saturated heterocycles. The van der Waals surface area contributed by atoms with Gasteiger partial charge in [-0.15, -0.1) is 0 Å². The molecule has 0 amide bonds. The molecule has 24 heavy (non-hydrogen) atoms. The zero-order valence-corrected chi connectivity index (χ0v) is 16.2. The van der Waals surface area contributed by atoms with Crippen LogP contribution in [0.4, 0.5) is 0 Å². The fourth-order valence-corrected chi connectivity index (χ4v) is 5.10. The summed E-state index contributed by atoms with van der Waals surface area (Å²) in [5.74, 6) is 0.838. The van der Waals surface area contributed by atoms with Crippen molar-refractivity contribution in [1.82, 2.24) is 0 Å². The molecule has 2 rings (SSSR count). The second-order valence-corrected chi connectivity index (χ2v) is 8.58. The number of ether oxygens (including phenoxy) is 1. The van der Waals surface area contributed by atoms with Crippen LogP contribution in [0.15, 0.2) is 23.3 Å². The van der Waals surface area contributed by atoms with Crippen LogP contribution in [0.25, 0.3) is 0 Å². The van der Waals surface area contributed by atoms with Crippen molar-refractivity contribution in [3.05, 3.63) is 23.3 Å². The average Bonchev–Trinajstić information content (AvgIpc) is 2.52. The maximum atomic E-state index is 11.4. The Hall–Kier alpha value is -1.09. The first kappa shape index (κ1) is 19.2. The lowest BCUT2D eigenvalue weighted by Gasteiger charge is -2.58. The third kappa shape index (κ3) is 3.46. The summed E-state index contributed by atoms with van der Waals surface area (Å²) in [6.45, 7) is 11.3. The van der Waals surface area contributed by atoms with E-state index in [1.54, 1.807) is 6.08 Å². The van der Waals surface area contributed by atoms with Crippen molar-refractivity contribution in [2.75, 3.05) is 7.11 Å². The molecule has 5 unspecified atom stereocenters. The largest absolute Gasteiger partial charge is 0.466 e. The molecule has 2 aliphatic rings. The Morgan fingerprint density at radius 2 is 2.12 bits per heavy atom. The molecule has 0 aromatic carbocycles. The minimum absolute atomic E-state index is 0.175. The molecule has 2 aliphatic carbocycles. The van der Waals surface area contributed by atoms with E-state index in [2.05, 4.69) is 33.8 Å². The standard InChI is InChI=1S/C21H34O3/c1-14(11-19(23)24-6)7-9-20(4)15(2)8-10-21(5)16(3)12-17(22)13-18(20)21/h11-12,15,17-18,22H,7-10,13H2,1-6H3. The van der Waals surface area contributed by atoms with Gasteiger partial charge in [0.15, 0.2) is 0 Å². The van der Waals surface area contributed by atoms with Crippen LogP contribution in [0.2, 0.25) is 0 Å². The molecule has 0 aromatic rings. The minimum Gasteiger partial charge on any atom is -0.466 e. The highest BCUT2D eigenvalue weighted by molar-refractivity contribution is 5.82. The van der Waals surface area contributed by atoms with E-state index in [1.807, 2.05) is 6.92 Å². The Balaban J connectivity index is 2.24. The summed E-state index contributed by atoms with van der Waals surface area (Å²) < 4.78 is 4.73. The summed E-state index contributed by atoms with van der Waals surface area (Å²) in [5.41, 5.74) is 2.80. The number of fused-ring (bicyclic) bond motifs is 1. The fourth-order valence-electron chi connectivity index (χ4n) is 5.10. The van der Waals surface area contributed by atoms with Crippen LogP contribution in [0.5, 0.6) is 0 Å². The summed E-state index contributed by atoms with van der Waals surface area (Å²) in [6, 6.07) is 0. The minimum atomic E-state index is -0.320. The maximum absolute atomic E-state index is 11.4. The normalized spacial score (nSPS) is 39.9. The van der Waals surface area contributed by atoms with Gasteiger partial charge in [0.25, 0.3) is 0 Å². The van der Waals surface area contributed by atoms with Crippen molar-refractivity contribution in [3.8, 4) is 0 Å². The molecule has 0 spiro atoms. The number of carbonyl (C=O) groups is 1. The van der Waals surface area contributed by atoms with E-state index in [0.29, 0.717) is 11.8 Å². The van der Waals surface area contributed by atoms with Gasteiger partial charge in [-0.3, -0.25) is 0 Å². The zero-order chi connectivity index (χ0) is 18.1. The lowest BCUT2D eigenvalue weighted by Crippen LogP contribution is -2.51. The van der Waals surface area contributed by atoms with Crippen LogP contribution in [-0.2, 0) is 9.53 Å². The third-order valence-corrected chi connectivity index (χ3v) is 7.23. The van der Waals surface area contributed by atoms with E-state index >= 15 is 0 Å². The highest BCUT2D eigenvalue weighted by atomic mass is 16.5. The molecule has 1 fully saturated rings. The van der Waals surface area contributed by atoms with E-state index in [0.717, 1.165) is 24.8 Å². The average molecular weight is 335 g/mol. The number of allylic oxidation sites excluding steroid dienone is 2. The van der Waals surface area contributed by atoms with Gasteiger partial charge in [0.1, 0.15) is 0 Å². The molecule has 0 bridgehead atoms. The molecule has 1 N–H and O–H groups in total. The summed E-state index contributed by atoms with van der Waals surface area (Å²) in [6.07, 6.45) is 8.60. The summed E-state index contributed by atoms with van der Waals surface area (Å²) in [7, 11) is 1.42. The fraction of sp³-hybridized carbons (Fsp3) is 0.762. The van der Waals surface area contributed by atoms with E-state index in [4.69, 9.17) is 4.74 Å². The van der Waals surface area contributed by atoms with Crippen LogP contribution in [0, 0.1) is 22.7 Å². The molecule has 3 heteroatoms. The van der Waals surface area contributed by atoms with Gasteiger partial charge in [-0.2, -0.15) is 0 Å². The smallest absolute Gasteiger partial charge is 0.330 e. The third-order valence-electron chi connectivity index (χ3n) is 7.23. The first-order valence-electron chi connectivity index (χ1n) is 9.25. The van der Waals surface area contributed by atoms with Crippen LogP contribution in [0.3, 0.4) is 0 Å². The zero-order valence-electron chi connectivity index (χ0n) is 16.2. The van der Waals surface area contributed by atoms with Gasteiger partial charge in [0.2, 0.25) is 0 Å². The molecule has 136 valence electrons. The molecule has 0 aromatic heterocycles. The van der Waals surface area contributed by atoms with E-state index in [-0.39, 0.29) is 22.9 Å². The first-order valence-corrected chi connectivity index (χ1v) is 9.25. The van der Waals surface area contributed by atoms with Gasteiger partial charge in [-0.1, -0.05) is 38.0 Å². The number of aliphatic hydroxyl groups is 1. The molecule has 0 heterocycles. The number of aliphatic hydroxyl groups excluding tert-OH is 1. The van der Waals surface area contributed by atoms with E-state index < -0.39 is 0 Å². The first-order chi connectivity index (χ1) is 11.1. The van der Waals surface area contributed by atoms with Crippen LogP contribution in [-0.4, -0.2) is 24.3 Å². The monoisotopic (exact) mass is 334 g/mol. The van der Waals surface area contributed by atoms with Crippen molar-refractivity contribution in [1.29, 1.82) is 0 Å². The quantitative estimate of drug-likeness (QED) is 0.462. The number of rotatable bonds is 4. The summed E-state index contributed by atoms with van der Waals surface area (Å²) >= 11 is 0. The topological polar surface area (TPSA) is 46.5 Å². The molecular formula is C21H34O3. The molecule has 0 radical (unpaired) electrons. The van der Waals surface area contributed by atoms with Gasteiger partial charge in [0.05, 0.1) is 13.2 Å². The molecule has 0 aliphatic heterocycles. The number of hydrogen-bond acceptors (Lipinski definition) is 3. The number of esters is 1. The SMILES string of the molecule is COC(=O)C=C(C)CCC1(C)C(C)CCC2(C)C(C)=CC(O)CC21. The lowest BCUT2D eigenvalue weighted by molar-refractivity contribution is -0.134. The van der Waals surface area contributed by atoms with Gasteiger partial charge in [-0.05, 0) is 68.6 Å². The highest BCUT2D eigenvalue weighted by Crippen LogP contribution is 2.61. The van der Waals surface area contributed by atoms with Crippen LogP contribution < -0.4 is 0 Å². The Bertz CT molecular complexity index is 547. The molecular weight excluding hydrogens is 300 g/mol. The Kier molecular flexibility index (Phi) is 5.64. The van der Waals surface area contributed by atoms with Gasteiger partial charge in [0, 0.05) is 6.08 Å². The number of hydrogen-bond donors (Lipinski definition) is 1. The van der Waals surface area contributed by atoms with E-state index in [1.165, 1.54) is 25.5 Å². The van der Waals surface area contributed by atoms with E-state index in [9.17, 15) is 9.90 Å². The Labute approximate surface area is 147 Å². The van der Waals surface area contributed by atoms with Gasteiger partial charge in [-0.25, -0.2) is 4.79 Å². The Morgan fingerprint density at radius 1 is 1.46 bits per heavy atom. The Morgan fingerprint density at radius 3 is 2.75 bits per heavy atom. The van der Waals surface area contributed by atoms with Crippen molar-refractivity contribution in [2.45, 2.75) is 72.8 Å². The molecule has 1 saturated carbocycles. The van der Waals surface area contributed by atoms with Gasteiger partial charge >= 0.3 is 5.97 Å². The highest BCUT2D eigenvalue weighted by Gasteiger charge is 2.54. The second kappa shape index (κ2) is 7.03. The van der Waals surface area contributed by atoms with Crippen molar-refractivity contribution < 1.29 is 14.6 Å². The maximum Gasteiger partial charge on any atom is 0.330 e. The predicted octanol–water partition coefficient (Wildman–Crippen LogP) is 4.66. The predicted molar refractivity (Wildman–Crippen MR) is 97.5 cm³/mol. The summed E-state index contributed by atoms with van der Waals surface area (Å²) in [4.78, 5) is 11.4.